The Kier molecular flexibility index (Phi) is 1.83. The van der Waals surface area contributed by atoms with E-state index in [0.717, 1.165) is 5.69 Å². The number of aromatic nitrogens is 4. The van der Waals surface area contributed by atoms with Crippen LogP contribution in [-0.2, 0) is 0 Å². The molecule has 0 saturated carbocycles. The molecule has 0 aliphatic rings. The van der Waals surface area contributed by atoms with E-state index in [2.05, 4.69) is 15.3 Å². The topological polar surface area (TPSA) is 63.6 Å². The summed E-state index contributed by atoms with van der Waals surface area (Å²) in [6.45, 7) is 0. The third-order valence-corrected chi connectivity index (χ3v) is 2.39. The first kappa shape index (κ1) is 8.84. The van der Waals surface area contributed by atoms with Crippen LogP contribution in [0.4, 0.5) is 0 Å². The highest BCUT2D eigenvalue weighted by Crippen LogP contribution is 2.11. The van der Waals surface area contributed by atoms with Crippen molar-refractivity contribution in [2.45, 2.75) is 0 Å². The second kappa shape index (κ2) is 3.30. The van der Waals surface area contributed by atoms with Gasteiger partial charge in [-0.25, -0.2) is 4.68 Å². The monoisotopic (exact) mass is 212 g/mol. The number of hydrogen-bond acceptors (Lipinski definition) is 3. The number of H-pyrrole nitrogens is 1. The lowest BCUT2D eigenvalue weighted by Gasteiger charge is -2.01. The van der Waals surface area contributed by atoms with E-state index in [-0.39, 0.29) is 5.43 Å². The van der Waals surface area contributed by atoms with Gasteiger partial charge >= 0.3 is 0 Å². The predicted octanol–water partition coefficient (Wildman–Crippen LogP) is 1.11. The number of fused-ring (bicyclic) bond motifs is 1. The molecule has 3 rings (SSSR count). The van der Waals surface area contributed by atoms with Crippen molar-refractivity contribution in [3.63, 3.8) is 0 Å². The van der Waals surface area contributed by atoms with Gasteiger partial charge in [0.25, 0.3) is 0 Å². The van der Waals surface area contributed by atoms with Gasteiger partial charge in [-0.2, -0.15) is 10.2 Å². The minimum atomic E-state index is -0.129. The first-order valence-electron chi connectivity index (χ1n) is 4.83. The van der Waals surface area contributed by atoms with E-state index < -0.39 is 0 Å². The van der Waals surface area contributed by atoms with E-state index in [1.807, 2.05) is 30.3 Å². The standard InChI is InChI=1S/C11H8N4O/c16-10-7-12-14-11-9(10)6-13-15(11)8-4-2-1-3-5-8/h1-7H,(H,14,16). The lowest BCUT2D eigenvalue weighted by molar-refractivity contribution is 0.879. The van der Waals surface area contributed by atoms with Gasteiger partial charge in [-0.05, 0) is 12.1 Å². The maximum atomic E-state index is 11.5. The van der Waals surface area contributed by atoms with Crippen molar-refractivity contribution in [3.05, 3.63) is 52.9 Å². The summed E-state index contributed by atoms with van der Waals surface area (Å²) in [4.78, 5) is 11.5. The highest BCUT2D eigenvalue weighted by atomic mass is 16.1. The van der Waals surface area contributed by atoms with Crippen molar-refractivity contribution in [2.24, 2.45) is 0 Å². The molecule has 0 atom stereocenters. The first-order valence-corrected chi connectivity index (χ1v) is 4.83. The van der Waals surface area contributed by atoms with Gasteiger partial charge in [-0.15, -0.1) is 0 Å². The highest BCUT2D eigenvalue weighted by Gasteiger charge is 2.06. The Balaban J connectivity index is 2.34. The largest absolute Gasteiger partial charge is 0.287 e. The van der Waals surface area contributed by atoms with Gasteiger partial charge in [0.05, 0.1) is 23.5 Å². The van der Waals surface area contributed by atoms with Crippen LogP contribution in [0.3, 0.4) is 0 Å². The Bertz CT molecular complexity index is 684. The Hall–Kier alpha value is -2.43. The van der Waals surface area contributed by atoms with E-state index >= 15 is 0 Å². The van der Waals surface area contributed by atoms with Crippen molar-refractivity contribution in [3.8, 4) is 5.69 Å². The molecule has 5 nitrogen and oxygen atoms in total. The molecule has 16 heavy (non-hydrogen) atoms. The molecule has 1 aromatic carbocycles. The molecule has 0 spiro atoms. The zero-order chi connectivity index (χ0) is 11.0. The van der Waals surface area contributed by atoms with Gasteiger partial charge in [0.1, 0.15) is 0 Å². The Labute approximate surface area is 90.3 Å². The zero-order valence-corrected chi connectivity index (χ0v) is 8.29. The minimum Gasteiger partial charge on any atom is -0.287 e. The normalized spacial score (nSPS) is 10.8. The lowest BCUT2D eigenvalue weighted by atomic mass is 10.3. The fourth-order valence-corrected chi connectivity index (χ4v) is 1.62. The van der Waals surface area contributed by atoms with Crippen molar-refractivity contribution in [2.75, 3.05) is 0 Å². The summed E-state index contributed by atoms with van der Waals surface area (Å²) in [6, 6.07) is 9.58. The van der Waals surface area contributed by atoms with Crippen LogP contribution in [-0.4, -0.2) is 20.0 Å². The molecule has 2 aromatic heterocycles. The first-order chi connectivity index (χ1) is 7.86. The number of rotatable bonds is 1. The van der Waals surface area contributed by atoms with Crippen LogP contribution in [0.25, 0.3) is 16.7 Å². The number of aromatic amines is 1. The molecule has 5 heteroatoms. The number of nitrogens with zero attached hydrogens (tertiary/aromatic N) is 3. The molecule has 2 heterocycles. The highest BCUT2D eigenvalue weighted by molar-refractivity contribution is 5.74. The van der Waals surface area contributed by atoms with Crippen molar-refractivity contribution >= 4 is 11.0 Å². The Morgan fingerprint density at radius 1 is 1.12 bits per heavy atom. The molecule has 0 aliphatic carbocycles. The summed E-state index contributed by atoms with van der Waals surface area (Å²) in [7, 11) is 0. The molecule has 0 fully saturated rings. The smallest absolute Gasteiger partial charge is 0.211 e. The van der Waals surface area contributed by atoms with Gasteiger partial charge in [0.15, 0.2) is 5.65 Å². The van der Waals surface area contributed by atoms with E-state index in [0.29, 0.717) is 11.0 Å². The lowest BCUT2D eigenvalue weighted by Crippen LogP contribution is -2.04. The summed E-state index contributed by atoms with van der Waals surface area (Å²) in [5.74, 6) is 0. The van der Waals surface area contributed by atoms with Crippen molar-refractivity contribution in [1.29, 1.82) is 0 Å². The van der Waals surface area contributed by atoms with Crippen molar-refractivity contribution < 1.29 is 0 Å². The summed E-state index contributed by atoms with van der Waals surface area (Å²) < 4.78 is 1.66. The summed E-state index contributed by atoms with van der Waals surface area (Å²) >= 11 is 0. The molecule has 0 aliphatic heterocycles. The summed E-state index contributed by atoms with van der Waals surface area (Å²) in [5.41, 5.74) is 1.37. The third kappa shape index (κ3) is 1.22. The van der Waals surface area contributed by atoms with Gasteiger partial charge < -0.3 is 0 Å². The predicted molar refractivity (Wildman–Crippen MR) is 59.5 cm³/mol. The molecule has 0 unspecified atom stereocenters. The summed E-state index contributed by atoms with van der Waals surface area (Å²) in [5, 5.41) is 11.3. The van der Waals surface area contributed by atoms with Gasteiger partial charge in [0.2, 0.25) is 5.43 Å². The quantitative estimate of drug-likeness (QED) is 0.657. The fraction of sp³-hybridized carbons (Fsp3) is 0. The SMILES string of the molecule is O=c1cn[nH]c2c1cnn2-c1ccccc1. The van der Waals surface area contributed by atoms with E-state index in [9.17, 15) is 4.79 Å². The minimum absolute atomic E-state index is 0.129. The molecule has 0 amide bonds. The van der Waals surface area contributed by atoms with Crippen LogP contribution in [0.15, 0.2) is 47.5 Å². The number of benzene rings is 1. The van der Waals surface area contributed by atoms with E-state index in [4.69, 9.17) is 0 Å². The number of nitrogens with one attached hydrogen (secondary N) is 1. The Morgan fingerprint density at radius 3 is 2.75 bits per heavy atom. The van der Waals surface area contributed by atoms with Crippen LogP contribution in [0.2, 0.25) is 0 Å². The molecule has 1 N–H and O–H groups in total. The second-order valence-corrected chi connectivity index (χ2v) is 3.39. The molecule has 78 valence electrons. The number of hydrogen-bond donors (Lipinski definition) is 1. The third-order valence-electron chi connectivity index (χ3n) is 2.39. The molecule has 0 bridgehead atoms. The zero-order valence-electron chi connectivity index (χ0n) is 8.29. The number of para-hydroxylation sites is 1. The molecule has 0 radical (unpaired) electrons. The van der Waals surface area contributed by atoms with Crippen LogP contribution in [0, 0.1) is 0 Å². The van der Waals surface area contributed by atoms with Gasteiger partial charge in [0, 0.05) is 0 Å². The fourth-order valence-electron chi connectivity index (χ4n) is 1.62. The van der Waals surface area contributed by atoms with Crippen LogP contribution < -0.4 is 5.43 Å². The van der Waals surface area contributed by atoms with Crippen LogP contribution >= 0.6 is 0 Å². The molecule has 0 saturated heterocycles. The van der Waals surface area contributed by atoms with Crippen molar-refractivity contribution in [1.82, 2.24) is 20.0 Å². The Morgan fingerprint density at radius 2 is 1.94 bits per heavy atom. The summed E-state index contributed by atoms with van der Waals surface area (Å²) in [6.07, 6.45) is 2.79. The molecular formula is C11H8N4O. The van der Waals surface area contributed by atoms with Crippen LogP contribution in [0.5, 0.6) is 0 Å². The maximum Gasteiger partial charge on any atom is 0.211 e. The second-order valence-electron chi connectivity index (χ2n) is 3.39. The average molecular weight is 212 g/mol. The maximum absolute atomic E-state index is 11.5. The average Bonchev–Trinajstić information content (AvgIpc) is 2.75. The molecule has 3 aromatic rings. The van der Waals surface area contributed by atoms with E-state index in [1.54, 1.807) is 10.9 Å². The van der Waals surface area contributed by atoms with Crippen LogP contribution in [0.1, 0.15) is 0 Å². The van der Waals surface area contributed by atoms with Gasteiger partial charge in [-0.3, -0.25) is 9.89 Å². The van der Waals surface area contributed by atoms with Gasteiger partial charge in [-0.1, -0.05) is 18.2 Å². The van der Waals surface area contributed by atoms with E-state index in [1.165, 1.54) is 6.20 Å². The molecular weight excluding hydrogens is 204 g/mol.